The van der Waals surface area contributed by atoms with Crippen LogP contribution in [0.15, 0.2) is 58.2 Å². The molecule has 0 saturated heterocycles. The predicted molar refractivity (Wildman–Crippen MR) is 104 cm³/mol. The van der Waals surface area contributed by atoms with Crippen molar-refractivity contribution < 1.29 is 13.9 Å². The maximum absolute atomic E-state index is 12.0. The van der Waals surface area contributed by atoms with Gasteiger partial charge in [0.1, 0.15) is 5.75 Å². The van der Waals surface area contributed by atoms with Crippen molar-refractivity contribution in [1.82, 2.24) is 15.5 Å². The van der Waals surface area contributed by atoms with Gasteiger partial charge in [0.05, 0.1) is 19.3 Å². The molecule has 0 aliphatic carbocycles. The number of nitrogens with zero attached hydrogens (tertiary/aromatic N) is 2. The smallest absolute Gasteiger partial charge is 0.277 e. The van der Waals surface area contributed by atoms with E-state index >= 15 is 0 Å². The first kappa shape index (κ1) is 19.0. The molecule has 3 aromatic rings. The molecule has 6 nitrogen and oxygen atoms in total. The van der Waals surface area contributed by atoms with E-state index < -0.39 is 0 Å². The zero-order valence-corrected chi connectivity index (χ0v) is 16.1. The normalized spacial score (nSPS) is 10.6. The summed E-state index contributed by atoms with van der Waals surface area (Å²) < 4.78 is 10.7. The van der Waals surface area contributed by atoms with Gasteiger partial charge in [0.15, 0.2) is 0 Å². The average molecular weight is 383 g/mol. The van der Waals surface area contributed by atoms with E-state index in [-0.39, 0.29) is 11.7 Å². The van der Waals surface area contributed by atoms with Crippen molar-refractivity contribution in [3.63, 3.8) is 0 Å². The minimum atomic E-state index is -0.0736. The molecule has 0 atom stereocenters. The van der Waals surface area contributed by atoms with Crippen molar-refractivity contribution in [3.05, 3.63) is 71.1 Å². The third kappa shape index (κ3) is 5.86. The topological polar surface area (TPSA) is 77.2 Å². The minimum absolute atomic E-state index is 0.0736. The second kappa shape index (κ2) is 9.23. The second-order valence-corrected chi connectivity index (χ2v) is 6.96. The Balaban J connectivity index is 1.44. The highest BCUT2D eigenvalue weighted by molar-refractivity contribution is 7.99. The maximum atomic E-state index is 12.0. The molecule has 1 heterocycles. The zero-order valence-electron chi connectivity index (χ0n) is 15.3. The van der Waals surface area contributed by atoms with Gasteiger partial charge in [-0.05, 0) is 30.2 Å². The summed E-state index contributed by atoms with van der Waals surface area (Å²) in [4.78, 5) is 12.0. The number of hydrogen-bond acceptors (Lipinski definition) is 6. The molecule has 0 fully saturated rings. The molecule has 7 heteroatoms. The number of aromatic nitrogens is 2. The van der Waals surface area contributed by atoms with E-state index in [9.17, 15) is 4.79 Å². The molecule has 0 saturated carbocycles. The third-order valence-corrected chi connectivity index (χ3v) is 4.72. The van der Waals surface area contributed by atoms with E-state index in [0.717, 1.165) is 16.9 Å². The molecule has 0 spiro atoms. The van der Waals surface area contributed by atoms with Crippen molar-refractivity contribution in [2.45, 2.75) is 25.1 Å². The fourth-order valence-corrected chi connectivity index (χ4v) is 2.98. The number of thioether (sulfide) groups is 1. The molecular weight excluding hydrogens is 362 g/mol. The van der Waals surface area contributed by atoms with Crippen molar-refractivity contribution in [2.75, 3.05) is 12.9 Å². The average Bonchev–Trinajstić information content (AvgIpc) is 3.14. The van der Waals surface area contributed by atoms with Gasteiger partial charge in [0, 0.05) is 6.54 Å². The predicted octanol–water partition coefficient (Wildman–Crippen LogP) is 3.39. The number of methoxy groups -OCH3 is 1. The first-order valence-electron chi connectivity index (χ1n) is 8.53. The summed E-state index contributed by atoms with van der Waals surface area (Å²) in [5.74, 6) is 1.48. The van der Waals surface area contributed by atoms with E-state index in [1.54, 1.807) is 7.11 Å². The summed E-state index contributed by atoms with van der Waals surface area (Å²) >= 11 is 1.23. The van der Waals surface area contributed by atoms with Crippen LogP contribution in [0.4, 0.5) is 0 Å². The summed E-state index contributed by atoms with van der Waals surface area (Å²) in [5, 5.41) is 11.3. The van der Waals surface area contributed by atoms with Crippen LogP contribution in [-0.2, 0) is 17.8 Å². The molecule has 0 aliphatic rings. The minimum Gasteiger partial charge on any atom is -0.497 e. The number of rotatable bonds is 8. The summed E-state index contributed by atoms with van der Waals surface area (Å²) in [6.45, 7) is 2.54. The van der Waals surface area contributed by atoms with E-state index in [0.29, 0.717) is 24.1 Å². The molecule has 0 aliphatic heterocycles. The van der Waals surface area contributed by atoms with Gasteiger partial charge in [0.25, 0.3) is 5.22 Å². The summed E-state index contributed by atoms with van der Waals surface area (Å²) in [7, 11) is 1.63. The highest BCUT2D eigenvalue weighted by Crippen LogP contribution is 2.19. The monoisotopic (exact) mass is 383 g/mol. The lowest BCUT2D eigenvalue weighted by atomic mass is 10.1. The highest BCUT2D eigenvalue weighted by Gasteiger charge is 2.10. The molecule has 1 N–H and O–H groups in total. The molecule has 2 aromatic carbocycles. The Hall–Kier alpha value is -2.80. The van der Waals surface area contributed by atoms with Crippen LogP contribution in [0.5, 0.6) is 5.75 Å². The standard InChI is InChI=1S/C20H21N3O3S/c1-14-3-5-16(6-4-14)12-21-18(24)13-27-20-23-22-19(26-20)11-15-7-9-17(25-2)10-8-15/h3-10H,11-13H2,1-2H3,(H,21,24). The van der Waals surface area contributed by atoms with Crippen LogP contribution in [0, 0.1) is 6.92 Å². The summed E-state index contributed by atoms with van der Waals surface area (Å²) in [6, 6.07) is 15.7. The molecule has 140 valence electrons. The lowest BCUT2D eigenvalue weighted by Crippen LogP contribution is -2.24. The van der Waals surface area contributed by atoms with Gasteiger partial charge >= 0.3 is 0 Å². The second-order valence-electron chi connectivity index (χ2n) is 6.04. The largest absolute Gasteiger partial charge is 0.497 e. The SMILES string of the molecule is COc1ccc(Cc2nnc(SCC(=O)NCc3ccc(C)cc3)o2)cc1. The first-order chi connectivity index (χ1) is 13.1. The number of carbonyl (C=O) groups excluding carboxylic acids is 1. The van der Waals surface area contributed by atoms with E-state index in [4.69, 9.17) is 9.15 Å². The molecule has 1 amide bonds. The number of ether oxygens (including phenoxy) is 1. The molecular formula is C20H21N3O3S. The fourth-order valence-electron chi connectivity index (χ4n) is 2.37. The Kier molecular flexibility index (Phi) is 6.49. The van der Waals surface area contributed by atoms with Crippen LogP contribution in [0.2, 0.25) is 0 Å². The third-order valence-electron chi connectivity index (χ3n) is 3.90. The van der Waals surface area contributed by atoms with Crippen molar-refractivity contribution >= 4 is 17.7 Å². The van der Waals surface area contributed by atoms with E-state index in [1.807, 2.05) is 55.5 Å². The van der Waals surface area contributed by atoms with Crippen LogP contribution in [0.25, 0.3) is 0 Å². The van der Waals surface area contributed by atoms with Gasteiger partial charge < -0.3 is 14.5 Å². The van der Waals surface area contributed by atoms with Gasteiger partial charge in [0.2, 0.25) is 11.8 Å². The van der Waals surface area contributed by atoms with Crippen LogP contribution in [0.3, 0.4) is 0 Å². The fraction of sp³-hybridized carbons (Fsp3) is 0.250. The van der Waals surface area contributed by atoms with Crippen molar-refractivity contribution in [1.29, 1.82) is 0 Å². The molecule has 3 rings (SSSR count). The summed E-state index contributed by atoms with van der Waals surface area (Å²) in [6.07, 6.45) is 0.539. The van der Waals surface area contributed by atoms with Crippen LogP contribution in [0.1, 0.15) is 22.6 Å². The van der Waals surface area contributed by atoms with Gasteiger partial charge in [-0.3, -0.25) is 4.79 Å². The van der Waals surface area contributed by atoms with Gasteiger partial charge in [-0.1, -0.05) is 53.7 Å². The van der Waals surface area contributed by atoms with Gasteiger partial charge in [-0.2, -0.15) is 0 Å². The lowest BCUT2D eigenvalue weighted by molar-refractivity contribution is -0.118. The zero-order chi connectivity index (χ0) is 19.1. The number of amides is 1. The summed E-state index contributed by atoms with van der Waals surface area (Å²) in [5.41, 5.74) is 3.31. The Morgan fingerprint density at radius 3 is 2.48 bits per heavy atom. The van der Waals surface area contributed by atoms with E-state index in [1.165, 1.54) is 17.3 Å². The first-order valence-corrected chi connectivity index (χ1v) is 9.51. The Labute approximate surface area is 162 Å². The number of nitrogens with one attached hydrogen (secondary N) is 1. The van der Waals surface area contributed by atoms with Crippen molar-refractivity contribution in [2.24, 2.45) is 0 Å². The van der Waals surface area contributed by atoms with Gasteiger partial charge in [-0.15, -0.1) is 10.2 Å². The van der Waals surface area contributed by atoms with Crippen LogP contribution >= 0.6 is 11.8 Å². The quantitative estimate of drug-likeness (QED) is 0.601. The molecule has 27 heavy (non-hydrogen) atoms. The van der Waals surface area contributed by atoms with Gasteiger partial charge in [-0.25, -0.2) is 0 Å². The number of carbonyl (C=O) groups is 1. The van der Waals surface area contributed by atoms with Crippen molar-refractivity contribution in [3.8, 4) is 5.75 Å². The molecule has 0 radical (unpaired) electrons. The van der Waals surface area contributed by atoms with Crippen LogP contribution in [-0.4, -0.2) is 29.0 Å². The number of benzene rings is 2. The van der Waals surface area contributed by atoms with Crippen LogP contribution < -0.4 is 10.1 Å². The number of hydrogen-bond donors (Lipinski definition) is 1. The Bertz CT molecular complexity index is 876. The highest BCUT2D eigenvalue weighted by atomic mass is 32.2. The van der Waals surface area contributed by atoms with E-state index in [2.05, 4.69) is 15.5 Å². The molecule has 1 aromatic heterocycles. The molecule has 0 unspecified atom stereocenters. The Morgan fingerprint density at radius 2 is 1.78 bits per heavy atom. The Morgan fingerprint density at radius 1 is 1.07 bits per heavy atom. The lowest BCUT2D eigenvalue weighted by Gasteiger charge is -2.04. The number of aryl methyl sites for hydroxylation is 1. The maximum Gasteiger partial charge on any atom is 0.277 e. The molecule has 0 bridgehead atoms.